The molecule has 0 amide bonds. The van der Waals surface area contributed by atoms with Crippen LogP contribution in [0.15, 0.2) is 60.0 Å². The third kappa shape index (κ3) is 3.89. The lowest BCUT2D eigenvalue weighted by Gasteiger charge is -2.14. The molecule has 0 fully saturated rings. The summed E-state index contributed by atoms with van der Waals surface area (Å²) >= 11 is 1.62. The van der Waals surface area contributed by atoms with Crippen LogP contribution in [-0.4, -0.2) is 24.1 Å². The molecule has 0 saturated heterocycles. The van der Waals surface area contributed by atoms with Gasteiger partial charge >= 0.3 is 0 Å². The van der Waals surface area contributed by atoms with Crippen LogP contribution >= 0.6 is 11.8 Å². The maximum atomic E-state index is 6.05. The minimum Gasteiger partial charge on any atom is -0.483 e. The second-order valence-corrected chi connectivity index (χ2v) is 7.59. The fourth-order valence-corrected chi connectivity index (χ4v) is 3.86. The molecule has 6 nitrogen and oxygen atoms in total. The molecule has 0 aliphatic carbocycles. The molecule has 0 bridgehead atoms. The number of benzene rings is 1. The first-order valence-corrected chi connectivity index (χ1v) is 10.3. The number of rotatable bonds is 7. The molecule has 28 heavy (non-hydrogen) atoms. The lowest BCUT2D eigenvalue weighted by molar-refractivity contribution is 0.211. The van der Waals surface area contributed by atoms with Crippen molar-refractivity contribution in [3.05, 3.63) is 71.9 Å². The summed E-state index contributed by atoms with van der Waals surface area (Å²) in [5.41, 5.74) is 3.26. The van der Waals surface area contributed by atoms with Gasteiger partial charge in [0.05, 0.1) is 5.69 Å². The van der Waals surface area contributed by atoms with Crippen molar-refractivity contribution < 1.29 is 4.74 Å². The van der Waals surface area contributed by atoms with Gasteiger partial charge < -0.3 is 13.7 Å². The summed E-state index contributed by atoms with van der Waals surface area (Å²) < 4.78 is 10.1. The van der Waals surface area contributed by atoms with Crippen LogP contribution in [0.5, 0.6) is 5.75 Å². The molecule has 0 N–H and O–H groups in total. The third-order valence-electron chi connectivity index (χ3n) is 4.64. The number of aryl methyl sites for hydroxylation is 1. The number of aromatic nitrogens is 5. The molecule has 144 valence electrons. The molecule has 7 heteroatoms. The van der Waals surface area contributed by atoms with E-state index in [2.05, 4.69) is 34.2 Å². The quantitative estimate of drug-likeness (QED) is 0.434. The Kier molecular flexibility index (Phi) is 5.34. The average Bonchev–Trinajstić information content (AvgIpc) is 3.29. The van der Waals surface area contributed by atoms with Gasteiger partial charge in [0.15, 0.2) is 17.1 Å². The highest BCUT2D eigenvalue weighted by atomic mass is 32.2. The van der Waals surface area contributed by atoms with E-state index in [0.29, 0.717) is 0 Å². The predicted octanol–water partition coefficient (Wildman–Crippen LogP) is 4.46. The average molecular weight is 394 g/mol. The van der Waals surface area contributed by atoms with E-state index in [9.17, 15) is 0 Å². The lowest BCUT2D eigenvalue weighted by Crippen LogP contribution is -2.10. The molecule has 0 aliphatic rings. The standard InChI is InChI=1S/C21H23N5OS/c1-4-16-8-10-18(11-9-16)27-15(2)20-23-24-21(25(20)3)28-14-17-13-26-12-6-5-7-19(26)22-17/h5-13,15H,4,14H2,1-3H3. The molecule has 3 heterocycles. The molecule has 4 rings (SSSR count). The Morgan fingerprint density at radius 2 is 1.93 bits per heavy atom. The van der Waals surface area contributed by atoms with E-state index in [1.165, 1.54) is 5.56 Å². The van der Waals surface area contributed by atoms with Crippen molar-refractivity contribution in [2.24, 2.45) is 7.05 Å². The van der Waals surface area contributed by atoms with Gasteiger partial charge in [0.25, 0.3) is 0 Å². The summed E-state index contributed by atoms with van der Waals surface area (Å²) in [6.45, 7) is 4.14. The van der Waals surface area contributed by atoms with E-state index < -0.39 is 0 Å². The fraction of sp³-hybridized carbons (Fsp3) is 0.286. The minimum absolute atomic E-state index is 0.186. The van der Waals surface area contributed by atoms with Gasteiger partial charge in [0.1, 0.15) is 11.4 Å². The molecule has 0 aliphatic heterocycles. The van der Waals surface area contributed by atoms with E-state index in [1.54, 1.807) is 11.8 Å². The molecule has 1 unspecified atom stereocenters. The van der Waals surface area contributed by atoms with Gasteiger partial charge in [-0.05, 0) is 43.2 Å². The van der Waals surface area contributed by atoms with Gasteiger partial charge in [-0.1, -0.05) is 36.9 Å². The van der Waals surface area contributed by atoms with Crippen LogP contribution in [0.25, 0.3) is 5.65 Å². The first-order chi connectivity index (χ1) is 13.6. The molecule has 1 atom stereocenters. The van der Waals surface area contributed by atoms with Crippen molar-refractivity contribution in [3.8, 4) is 5.75 Å². The van der Waals surface area contributed by atoms with Crippen molar-refractivity contribution in [3.63, 3.8) is 0 Å². The number of pyridine rings is 1. The molecule has 4 aromatic rings. The zero-order chi connectivity index (χ0) is 19.5. The normalized spacial score (nSPS) is 12.4. The minimum atomic E-state index is -0.186. The second kappa shape index (κ2) is 8.06. The fourth-order valence-electron chi connectivity index (χ4n) is 3.06. The number of imidazole rings is 1. The van der Waals surface area contributed by atoms with Crippen molar-refractivity contribution in [2.45, 2.75) is 37.3 Å². The Labute approximate surface area is 168 Å². The van der Waals surface area contributed by atoms with Gasteiger partial charge in [0, 0.05) is 25.2 Å². The zero-order valence-electron chi connectivity index (χ0n) is 16.2. The SMILES string of the molecule is CCc1ccc(OC(C)c2nnc(SCc3cn4ccccc4n3)n2C)cc1. The zero-order valence-corrected chi connectivity index (χ0v) is 17.1. The monoisotopic (exact) mass is 393 g/mol. The number of thioether (sulfide) groups is 1. The van der Waals surface area contributed by atoms with Gasteiger partial charge in [-0.2, -0.15) is 0 Å². The summed E-state index contributed by atoms with van der Waals surface area (Å²) in [5.74, 6) is 2.38. The number of hydrogen-bond donors (Lipinski definition) is 0. The Morgan fingerprint density at radius 1 is 1.11 bits per heavy atom. The highest BCUT2D eigenvalue weighted by Gasteiger charge is 2.17. The van der Waals surface area contributed by atoms with E-state index in [0.717, 1.165) is 40.2 Å². The van der Waals surface area contributed by atoms with Gasteiger partial charge in [-0.25, -0.2) is 4.98 Å². The Morgan fingerprint density at radius 3 is 2.68 bits per heavy atom. The highest BCUT2D eigenvalue weighted by Crippen LogP contribution is 2.25. The smallest absolute Gasteiger partial charge is 0.191 e. The molecule has 1 aromatic carbocycles. The molecule has 0 saturated carbocycles. The number of ether oxygens (including phenoxy) is 1. The highest BCUT2D eigenvalue weighted by molar-refractivity contribution is 7.98. The topological polar surface area (TPSA) is 57.2 Å². The summed E-state index contributed by atoms with van der Waals surface area (Å²) in [7, 11) is 1.97. The third-order valence-corrected chi connectivity index (χ3v) is 5.69. The van der Waals surface area contributed by atoms with Crippen molar-refractivity contribution >= 4 is 17.4 Å². The van der Waals surface area contributed by atoms with Crippen LogP contribution in [0.1, 0.15) is 37.0 Å². The van der Waals surface area contributed by atoms with Crippen molar-refractivity contribution in [1.29, 1.82) is 0 Å². The Balaban J connectivity index is 1.42. The number of fused-ring (bicyclic) bond motifs is 1. The van der Waals surface area contributed by atoms with Gasteiger partial charge in [0.2, 0.25) is 0 Å². The van der Waals surface area contributed by atoms with Crippen molar-refractivity contribution in [1.82, 2.24) is 24.1 Å². The van der Waals surface area contributed by atoms with E-state index in [-0.39, 0.29) is 6.10 Å². The molecule has 3 aromatic heterocycles. The lowest BCUT2D eigenvalue weighted by atomic mass is 10.2. The predicted molar refractivity (Wildman–Crippen MR) is 111 cm³/mol. The van der Waals surface area contributed by atoms with Gasteiger partial charge in [-0.3, -0.25) is 0 Å². The number of nitrogens with zero attached hydrogens (tertiary/aromatic N) is 5. The maximum Gasteiger partial charge on any atom is 0.191 e. The van der Waals surface area contributed by atoms with Crippen LogP contribution in [0.2, 0.25) is 0 Å². The van der Waals surface area contributed by atoms with Crippen LogP contribution in [0.3, 0.4) is 0 Å². The summed E-state index contributed by atoms with van der Waals surface area (Å²) in [6.07, 6.45) is 4.88. The molecule has 0 spiro atoms. The van der Waals surface area contributed by atoms with E-state index >= 15 is 0 Å². The van der Waals surface area contributed by atoms with Crippen LogP contribution in [-0.2, 0) is 19.2 Å². The Hall–Kier alpha value is -2.80. The summed E-state index contributed by atoms with van der Waals surface area (Å²) in [5, 5.41) is 9.53. The summed E-state index contributed by atoms with van der Waals surface area (Å²) in [4.78, 5) is 4.63. The van der Waals surface area contributed by atoms with Gasteiger partial charge in [-0.15, -0.1) is 10.2 Å². The molecular weight excluding hydrogens is 370 g/mol. The van der Waals surface area contributed by atoms with Crippen molar-refractivity contribution in [2.75, 3.05) is 0 Å². The summed E-state index contributed by atoms with van der Waals surface area (Å²) in [6, 6.07) is 14.2. The van der Waals surface area contributed by atoms with E-state index in [4.69, 9.17) is 4.74 Å². The molecule has 0 radical (unpaired) electrons. The largest absolute Gasteiger partial charge is 0.483 e. The van der Waals surface area contributed by atoms with E-state index in [1.807, 2.05) is 65.7 Å². The van der Waals surface area contributed by atoms with Crippen LogP contribution in [0, 0.1) is 0 Å². The van der Waals surface area contributed by atoms with Crippen LogP contribution in [0.4, 0.5) is 0 Å². The number of hydrogen-bond acceptors (Lipinski definition) is 5. The van der Waals surface area contributed by atoms with Crippen LogP contribution < -0.4 is 4.74 Å². The maximum absolute atomic E-state index is 6.05. The first-order valence-electron chi connectivity index (χ1n) is 9.34. The molecular formula is C21H23N5OS. The Bertz CT molecular complexity index is 1040. The second-order valence-electron chi connectivity index (χ2n) is 6.64. The first kappa shape index (κ1) is 18.6.